The predicted octanol–water partition coefficient (Wildman–Crippen LogP) is 5.72. The number of hydrogen-bond donors (Lipinski definition) is 1. The highest BCUT2D eigenvalue weighted by Crippen LogP contribution is 2.36. The van der Waals surface area contributed by atoms with Gasteiger partial charge in [0.2, 0.25) is 17.5 Å². The van der Waals surface area contributed by atoms with Crippen molar-refractivity contribution in [3.63, 3.8) is 0 Å². The van der Waals surface area contributed by atoms with Crippen molar-refractivity contribution in [3.05, 3.63) is 29.3 Å². The van der Waals surface area contributed by atoms with Crippen LogP contribution in [0.3, 0.4) is 0 Å². The Kier molecular flexibility index (Phi) is 12.2. The first-order valence-electron chi connectivity index (χ1n) is 15.4. The number of halogens is 4. The molecule has 1 aromatic rings. The zero-order valence-electron chi connectivity index (χ0n) is 26.7. The standard InChI is InChI=1S/C32H44F4N2O7/c1-17(2)20-8-7-18(3)13-25(20)44-31(42)38-11-9-19(10-12-38)30(41)37-23(15-26(40)45-32(4,5)6)24(39)16-43-29-27(35)21(33)14-22(34)28(29)36/h14,17-20,23,25H,7-13,15-16H2,1-6H3,(H,37,41)/t18-,20+,23-,25-/m0/s1. The number of esters is 1. The molecule has 1 heterocycles. The highest BCUT2D eigenvalue weighted by atomic mass is 19.2. The van der Waals surface area contributed by atoms with Crippen LogP contribution >= 0.6 is 0 Å². The quantitative estimate of drug-likeness (QED) is 0.197. The van der Waals surface area contributed by atoms with Crippen LogP contribution in [0.15, 0.2) is 6.07 Å². The summed E-state index contributed by atoms with van der Waals surface area (Å²) in [5.41, 5.74) is -0.914. The number of carbonyl (C=O) groups is 4. The van der Waals surface area contributed by atoms with Crippen molar-refractivity contribution in [2.45, 2.75) is 97.8 Å². The molecule has 3 rings (SSSR count). The fraction of sp³-hybridized carbons (Fsp3) is 0.688. The zero-order valence-corrected chi connectivity index (χ0v) is 26.7. The first-order valence-corrected chi connectivity index (χ1v) is 15.4. The van der Waals surface area contributed by atoms with E-state index in [1.807, 2.05) is 0 Å². The van der Waals surface area contributed by atoms with Gasteiger partial charge in [-0.1, -0.05) is 27.2 Å². The molecule has 0 bridgehead atoms. The van der Waals surface area contributed by atoms with Crippen molar-refractivity contribution in [1.29, 1.82) is 0 Å². The lowest BCUT2D eigenvalue weighted by molar-refractivity contribution is -0.156. The lowest BCUT2D eigenvalue weighted by atomic mass is 9.75. The lowest BCUT2D eigenvalue weighted by Crippen LogP contribution is -2.50. The molecule has 0 unspecified atom stereocenters. The van der Waals surface area contributed by atoms with E-state index >= 15 is 0 Å². The minimum absolute atomic E-state index is 0.00524. The second kappa shape index (κ2) is 15.3. The smallest absolute Gasteiger partial charge is 0.410 e. The molecule has 0 aromatic heterocycles. The number of rotatable bonds is 10. The van der Waals surface area contributed by atoms with Crippen LogP contribution in [0, 0.1) is 46.9 Å². The van der Waals surface area contributed by atoms with Crippen LogP contribution in [0.2, 0.25) is 0 Å². The van der Waals surface area contributed by atoms with Crippen molar-refractivity contribution in [2.75, 3.05) is 19.7 Å². The van der Waals surface area contributed by atoms with Crippen molar-refractivity contribution in [3.8, 4) is 5.75 Å². The number of nitrogens with one attached hydrogen (secondary N) is 1. The summed E-state index contributed by atoms with van der Waals surface area (Å²) in [5.74, 6) is -10.5. The number of nitrogens with zero attached hydrogens (tertiary/aromatic N) is 1. The Morgan fingerprint density at radius 1 is 0.978 bits per heavy atom. The van der Waals surface area contributed by atoms with Crippen LogP contribution in [0.25, 0.3) is 0 Å². The summed E-state index contributed by atoms with van der Waals surface area (Å²) in [6.07, 6.45) is 2.19. The van der Waals surface area contributed by atoms with E-state index in [9.17, 15) is 36.7 Å². The van der Waals surface area contributed by atoms with Gasteiger partial charge in [0.15, 0.2) is 23.2 Å². The predicted molar refractivity (Wildman–Crippen MR) is 155 cm³/mol. The summed E-state index contributed by atoms with van der Waals surface area (Å²) in [7, 11) is 0. The molecule has 1 saturated heterocycles. The van der Waals surface area contributed by atoms with E-state index in [0.717, 1.165) is 19.3 Å². The van der Waals surface area contributed by atoms with Gasteiger partial charge in [0.1, 0.15) is 24.4 Å². The average molecular weight is 645 g/mol. The molecular weight excluding hydrogens is 600 g/mol. The van der Waals surface area contributed by atoms with E-state index in [4.69, 9.17) is 14.2 Å². The molecule has 0 spiro atoms. The summed E-state index contributed by atoms with van der Waals surface area (Å²) in [4.78, 5) is 53.3. The molecule has 2 amide bonds. The number of piperidine rings is 1. The average Bonchev–Trinajstić information content (AvgIpc) is 2.94. The Morgan fingerprint density at radius 3 is 2.13 bits per heavy atom. The van der Waals surface area contributed by atoms with Crippen molar-refractivity contribution in [2.24, 2.45) is 23.7 Å². The van der Waals surface area contributed by atoms with Gasteiger partial charge in [0.25, 0.3) is 0 Å². The van der Waals surface area contributed by atoms with Gasteiger partial charge in [0, 0.05) is 25.1 Å². The number of Topliss-reactive ketones (excluding diaryl/α,β-unsaturated/α-hetero) is 1. The van der Waals surface area contributed by atoms with Gasteiger partial charge in [0.05, 0.1) is 6.42 Å². The summed E-state index contributed by atoms with van der Waals surface area (Å²) in [5, 5.41) is 2.48. The fourth-order valence-electron chi connectivity index (χ4n) is 5.79. The molecule has 45 heavy (non-hydrogen) atoms. The Morgan fingerprint density at radius 2 is 1.58 bits per heavy atom. The second-order valence-electron chi connectivity index (χ2n) is 13.4. The lowest BCUT2D eigenvalue weighted by Gasteiger charge is -2.38. The first-order chi connectivity index (χ1) is 21.0. The Balaban J connectivity index is 1.62. The number of ketones is 1. The maximum Gasteiger partial charge on any atom is 0.410 e. The second-order valence-corrected chi connectivity index (χ2v) is 13.4. The molecule has 9 nitrogen and oxygen atoms in total. The van der Waals surface area contributed by atoms with Gasteiger partial charge < -0.3 is 24.4 Å². The van der Waals surface area contributed by atoms with E-state index in [0.29, 0.717) is 11.8 Å². The number of ether oxygens (including phenoxy) is 3. The third kappa shape index (κ3) is 10.1. The van der Waals surface area contributed by atoms with E-state index in [1.165, 1.54) is 0 Å². The molecule has 0 radical (unpaired) electrons. The van der Waals surface area contributed by atoms with Crippen molar-refractivity contribution < 1.29 is 51.0 Å². The van der Waals surface area contributed by atoms with E-state index < -0.39 is 83.4 Å². The highest BCUT2D eigenvalue weighted by Gasteiger charge is 2.37. The maximum absolute atomic E-state index is 14.0. The van der Waals surface area contributed by atoms with Crippen LogP contribution in [0.4, 0.5) is 22.4 Å². The highest BCUT2D eigenvalue weighted by molar-refractivity contribution is 5.93. The van der Waals surface area contributed by atoms with Crippen LogP contribution in [0.5, 0.6) is 5.75 Å². The van der Waals surface area contributed by atoms with Crippen molar-refractivity contribution >= 4 is 23.8 Å². The SMILES string of the molecule is CC(C)[C@H]1CC[C@H](C)C[C@@H]1OC(=O)N1CCC(C(=O)N[C@@H](CC(=O)OC(C)(C)C)C(=O)COc2c(F)c(F)cc(F)c2F)CC1. The molecule has 13 heteroatoms. The summed E-state index contributed by atoms with van der Waals surface area (Å²) >= 11 is 0. The summed E-state index contributed by atoms with van der Waals surface area (Å²) < 4.78 is 71.2. The number of hydrogen-bond acceptors (Lipinski definition) is 7. The van der Waals surface area contributed by atoms with Crippen LogP contribution in [-0.2, 0) is 23.9 Å². The van der Waals surface area contributed by atoms with Crippen molar-refractivity contribution in [1.82, 2.24) is 10.2 Å². The summed E-state index contributed by atoms with van der Waals surface area (Å²) in [6, 6.07) is -1.53. The van der Waals surface area contributed by atoms with E-state index in [2.05, 4.69) is 26.1 Å². The van der Waals surface area contributed by atoms with Gasteiger partial charge >= 0.3 is 12.1 Å². The van der Waals surface area contributed by atoms with Crippen LogP contribution < -0.4 is 10.1 Å². The minimum Gasteiger partial charge on any atom is -0.479 e. The first kappa shape index (κ1) is 36.1. The molecule has 1 aliphatic carbocycles. The van der Waals surface area contributed by atoms with Gasteiger partial charge in [-0.05, 0) is 64.2 Å². The normalized spacial score (nSPS) is 21.7. The largest absolute Gasteiger partial charge is 0.479 e. The number of carbonyl (C=O) groups excluding carboxylic acids is 4. The van der Waals surface area contributed by atoms with Gasteiger partial charge in [-0.25, -0.2) is 13.6 Å². The van der Waals surface area contributed by atoms with Gasteiger partial charge in [-0.2, -0.15) is 8.78 Å². The maximum atomic E-state index is 14.0. The number of amides is 2. The summed E-state index contributed by atoms with van der Waals surface area (Å²) in [6.45, 7) is 10.6. The minimum atomic E-state index is -1.84. The topological polar surface area (TPSA) is 111 Å². The molecule has 1 aliphatic heterocycles. The van der Waals surface area contributed by atoms with Gasteiger partial charge in [-0.15, -0.1) is 0 Å². The van der Waals surface area contributed by atoms with Crippen LogP contribution in [0.1, 0.15) is 80.1 Å². The molecule has 4 atom stereocenters. The molecule has 2 fully saturated rings. The zero-order chi connectivity index (χ0) is 33.6. The number of likely N-dealkylation sites (tertiary alicyclic amines) is 1. The molecule has 1 aromatic carbocycles. The third-order valence-corrected chi connectivity index (χ3v) is 8.26. The Labute approximate surface area is 261 Å². The molecule has 1 saturated carbocycles. The van der Waals surface area contributed by atoms with Gasteiger partial charge in [-0.3, -0.25) is 14.4 Å². The number of benzene rings is 1. The van der Waals surface area contributed by atoms with E-state index in [1.54, 1.807) is 25.7 Å². The monoisotopic (exact) mass is 644 g/mol. The van der Waals surface area contributed by atoms with E-state index in [-0.39, 0.29) is 44.0 Å². The molecule has 252 valence electrons. The van der Waals surface area contributed by atoms with Crippen LogP contribution in [-0.4, -0.2) is 66.1 Å². The molecular formula is C32H44F4N2O7. The fourth-order valence-corrected chi connectivity index (χ4v) is 5.79. The molecule has 1 N–H and O–H groups in total. The Bertz CT molecular complexity index is 1220. The Hall–Kier alpha value is -3.38. The third-order valence-electron chi connectivity index (χ3n) is 8.26. The molecule has 2 aliphatic rings.